The van der Waals surface area contributed by atoms with Crippen molar-refractivity contribution in [2.24, 2.45) is 0 Å². The lowest BCUT2D eigenvalue weighted by molar-refractivity contribution is -0.305. The van der Waals surface area contributed by atoms with Crippen molar-refractivity contribution in [3.05, 3.63) is 48.6 Å². The summed E-state index contributed by atoms with van der Waals surface area (Å²) >= 11 is 0. The summed E-state index contributed by atoms with van der Waals surface area (Å²) in [6, 6.07) is 0. The van der Waals surface area contributed by atoms with Crippen LogP contribution in [0.5, 0.6) is 0 Å². The second-order valence-corrected chi connectivity index (χ2v) is 20.4. The highest BCUT2D eigenvalue weighted by Gasteiger charge is 2.44. The molecule has 0 saturated carbocycles. The van der Waals surface area contributed by atoms with Crippen LogP contribution in [0, 0.1) is 0 Å². The van der Waals surface area contributed by atoms with Crippen molar-refractivity contribution >= 4 is 5.97 Å². The number of aliphatic hydroxyl groups is 4. The largest absolute Gasteiger partial charge is 0.457 e. The Morgan fingerprint density at radius 1 is 0.457 bits per heavy atom. The first-order valence-corrected chi connectivity index (χ1v) is 29.7. The molecule has 0 aromatic heterocycles. The molecule has 9 nitrogen and oxygen atoms in total. The van der Waals surface area contributed by atoms with Gasteiger partial charge in [-0.05, 0) is 77.0 Å². The molecule has 1 aliphatic rings. The van der Waals surface area contributed by atoms with Gasteiger partial charge >= 0.3 is 5.97 Å². The zero-order chi connectivity index (χ0) is 50.6. The van der Waals surface area contributed by atoms with Crippen molar-refractivity contribution in [2.75, 3.05) is 26.4 Å². The SMILES string of the molecule is CCCCCCC/C=C\C/C=C\C/C=C\CCCCCCCCCCCCC(=O)OC(COCCCCCCCCCCCC/C=C\CCCCCCCCCC)COC1OC(CO)C(O)C(O)C1O. The average Bonchev–Trinajstić information content (AvgIpc) is 3.36. The van der Waals surface area contributed by atoms with Crippen molar-refractivity contribution in [3.8, 4) is 0 Å². The summed E-state index contributed by atoms with van der Waals surface area (Å²) in [4.78, 5) is 12.9. The first-order valence-electron chi connectivity index (χ1n) is 29.7. The van der Waals surface area contributed by atoms with E-state index in [1.54, 1.807) is 0 Å². The van der Waals surface area contributed by atoms with E-state index in [1.165, 1.54) is 205 Å². The van der Waals surface area contributed by atoms with Crippen molar-refractivity contribution in [3.63, 3.8) is 0 Å². The van der Waals surface area contributed by atoms with Crippen molar-refractivity contribution in [1.82, 2.24) is 0 Å². The van der Waals surface area contributed by atoms with Crippen molar-refractivity contribution in [1.29, 1.82) is 0 Å². The van der Waals surface area contributed by atoms with E-state index in [4.69, 9.17) is 18.9 Å². The molecule has 6 unspecified atom stereocenters. The number of hydrogen-bond donors (Lipinski definition) is 4. The molecule has 70 heavy (non-hydrogen) atoms. The quantitative estimate of drug-likeness (QED) is 0.0267. The van der Waals surface area contributed by atoms with Crippen molar-refractivity contribution in [2.45, 2.75) is 307 Å². The van der Waals surface area contributed by atoms with Gasteiger partial charge in [-0.15, -0.1) is 0 Å². The van der Waals surface area contributed by atoms with Gasteiger partial charge in [-0.3, -0.25) is 4.79 Å². The lowest BCUT2D eigenvalue weighted by Gasteiger charge is -2.39. The van der Waals surface area contributed by atoms with Crippen molar-refractivity contribution < 1.29 is 44.2 Å². The minimum Gasteiger partial charge on any atom is -0.457 e. The van der Waals surface area contributed by atoms with Gasteiger partial charge in [0.2, 0.25) is 0 Å². The zero-order valence-corrected chi connectivity index (χ0v) is 45.5. The number of rotatable bonds is 52. The van der Waals surface area contributed by atoms with Gasteiger partial charge in [0.05, 0.1) is 19.8 Å². The van der Waals surface area contributed by atoms with E-state index in [0.717, 1.165) is 44.9 Å². The molecule has 0 radical (unpaired) electrons. The second kappa shape index (κ2) is 52.0. The number of unbranched alkanes of at least 4 members (excludes halogenated alkanes) is 33. The van der Waals surface area contributed by atoms with Gasteiger partial charge in [-0.25, -0.2) is 0 Å². The molecule has 6 atom stereocenters. The molecular formula is C61H112O9. The molecule has 0 aliphatic carbocycles. The van der Waals surface area contributed by atoms with Crippen LogP contribution < -0.4 is 0 Å². The van der Waals surface area contributed by atoms with Crippen LogP contribution in [0.15, 0.2) is 48.6 Å². The minimum atomic E-state index is -1.54. The Hall–Kier alpha value is -1.85. The zero-order valence-electron chi connectivity index (χ0n) is 45.5. The molecule has 0 amide bonds. The molecule has 410 valence electrons. The van der Waals surface area contributed by atoms with Gasteiger partial charge < -0.3 is 39.4 Å². The number of allylic oxidation sites excluding steroid dienone is 8. The molecule has 1 heterocycles. The first-order chi connectivity index (χ1) is 34.4. The molecular weight excluding hydrogens is 877 g/mol. The lowest BCUT2D eigenvalue weighted by atomic mass is 9.99. The monoisotopic (exact) mass is 989 g/mol. The second-order valence-electron chi connectivity index (χ2n) is 20.4. The van der Waals surface area contributed by atoms with E-state index < -0.39 is 43.4 Å². The third-order valence-electron chi connectivity index (χ3n) is 13.7. The molecule has 1 aliphatic heterocycles. The van der Waals surface area contributed by atoms with Crippen LogP contribution in [0.4, 0.5) is 0 Å². The summed E-state index contributed by atoms with van der Waals surface area (Å²) in [6.45, 7) is 4.58. The summed E-state index contributed by atoms with van der Waals surface area (Å²) in [5.74, 6) is -0.315. The molecule has 4 N–H and O–H groups in total. The fourth-order valence-corrected chi connectivity index (χ4v) is 9.08. The Balaban J connectivity index is 2.15. The number of carbonyl (C=O) groups is 1. The maximum absolute atomic E-state index is 12.9. The maximum Gasteiger partial charge on any atom is 0.306 e. The number of hydrogen-bond acceptors (Lipinski definition) is 9. The highest BCUT2D eigenvalue weighted by molar-refractivity contribution is 5.69. The van der Waals surface area contributed by atoms with E-state index in [2.05, 4.69) is 62.5 Å². The van der Waals surface area contributed by atoms with Crippen LogP contribution in [-0.4, -0.2) is 89.6 Å². The fraction of sp³-hybridized carbons (Fsp3) is 0.852. The van der Waals surface area contributed by atoms with E-state index in [1.807, 2.05) is 0 Å². The predicted octanol–water partition coefficient (Wildman–Crippen LogP) is 15.6. The molecule has 0 bridgehead atoms. The summed E-state index contributed by atoms with van der Waals surface area (Å²) in [5.41, 5.74) is 0. The topological polar surface area (TPSA) is 135 Å². The molecule has 1 fully saturated rings. The third kappa shape index (κ3) is 41.6. The molecule has 0 aromatic rings. The van der Waals surface area contributed by atoms with Crippen LogP contribution >= 0.6 is 0 Å². The van der Waals surface area contributed by atoms with Gasteiger partial charge in [-0.1, -0.05) is 236 Å². The molecule has 0 aromatic carbocycles. The number of ether oxygens (including phenoxy) is 4. The Kier molecular flexibility index (Phi) is 49.2. The fourth-order valence-electron chi connectivity index (χ4n) is 9.08. The summed E-state index contributed by atoms with van der Waals surface area (Å²) in [7, 11) is 0. The lowest BCUT2D eigenvalue weighted by Crippen LogP contribution is -2.59. The number of aliphatic hydroxyl groups excluding tert-OH is 4. The molecule has 1 rings (SSSR count). The van der Waals surface area contributed by atoms with Gasteiger partial charge in [-0.2, -0.15) is 0 Å². The van der Waals surface area contributed by atoms with Gasteiger partial charge in [0.1, 0.15) is 30.5 Å². The average molecular weight is 990 g/mol. The van der Waals surface area contributed by atoms with E-state index in [-0.39, 0.29) is 19.2 Å². The molecule has 0 spiro atoms. The van der Waals surface area contributed by atoms with Gasteiger partial charge in [0, 0.05) is 13.0 Å². The highest BCUT2D eigenvalue weighted by atomic mass is 16.7. The summed E-state index contributed by atoms with van der Waals surface area (Å²) in [6.07, 6.45) is 60.1. The number of carbonyl (C=O) groups excluding carboxylic acids is 1. The first kappa shape index (κ1) is 66.2. The predicted molar refractivity (Wildman–Crippen MR) is 293 cm³/mol. The summed E-state index contributed by atoms with van der Waals surface area (Å²) < 4.78 is 23.0. The highest BCUT2D eigenvalue weighted by Crippen LogP contribution is 2.23. The normalized spacial score (nSPS) is 19.2. The van der Waals surface area contributed by atoms with Crippen LogP contribution in [0.1, 0.15) is 271 Å². The molecule has 9 heteroatoms. The van der Waals surface area contributed by atoms with Gasteiger partial charge in [0.25, 0.3) is 0 Å². The Morgan fingerprint density at radius 2 is 0.829 bits per heavy atom. The standard InChI is InChI=1S/C61H112O9/c1-3-5-7-9-11-13-15-17-19-21-23-25-27-28-29-30-32-34-36-38-40-42-44-46-48-50-57(63)69-55(54-68-61-60(66)59(65)58(64)56(52-62)70-61)53-67-51-49-47-45-43-41-39-37-35-33-31-26-24-22-20-18-16-14-12-10-8-6-4-2/h15,17,21-24,27-28,55-56,58-62,64-66H,3-14,16,18-20,25-26,29-54H2,1-2H3/b17-15-,23-21-,24-22-,28-27-. The van der Waals surface area contributed by atoms with E-state index >= 15 is 0 Å². The Labute approximate surface area is 431 Å². The smallest absolute Gasteiger partial charge is 0.306 e. The minimum absolute atomic E-state index is 0.115. The van der Waals surface area contributed by atoms with Crippen LogP contribution in [0.2, 0.25) is 0 Å². The van der Waals surface area contributed by atoms with Crippen LogP contribution in [-0.2, 0) is 23.7 Å². The maximum atomic E-state index is 12.9. The summed E-state index contributed by atoms with van der Waals surface area (Å²) in [5, 5.41) is 40.4. The van der Waals surface area contributed by atoms with E-state index in [9.17, 15) is 25.2 Å². The van der Waals surface area contributed by atoms with Crippen LogP contribution in [0.25, 0.3) is 0 Å². The van der Waals surface area contributed by atoms with Crippen LogP contribution in [0.3, 0.4) is 0 Å². The molecule has 1 saturated heterocycles. The van der Waals surface area contributed by atoms with Gasteiger partial charge in [0.15, 0.2) is 6.29 Å². The van der Waals surface area contributed by atoms with E-state index in [0.29, 0.717) is 13.0 Å². The third-order valence-corrected chi connectivity index (χ3v) is 13.7. The Morgan fingerprint density at radius 3 is 1.26 bits per heavy atom. The number of esters is 1. The Bertz CT molecular complexity index is 1220.